The molecule has 2 atom stereocenters. The zero-order valence-electron chi connectivity index (χ0n) is 11.5. The Kier molecular flexibility index (Phi) is 5.88. The summed E-state index contributed by atoms with van der Waals surface area (Å²) in [7, 11) is 1.72. The first-order valence-electron chi connectivity index (χ1n) is 6.60. The second kappa shape index (κ2) is 7.21. The number of hydrogen-bond acceptors (Lipinski definition) is 2. The van der Waals surface area contributed by atoms with Crippen LogP contribution < -0.4 is 10.1 Å². The Balaban J connectivity index is 2.66. The molecule has 1 aromatic rings. The third-order valence-electron chi connectivity index (χ3n) is 3.34. The second-order valence-corrected chi connectivity index (χ2v) is 4.70. The molecule has 2 nitrogen and oxygen atoms in total. The van der Waals surface area contributed by atoms with Gasteiger partial charge in [-0.1, -0.05) is 39.3 Å². The van der Waals surface area contributed by atoms with Crippen molar-refractivity contribution in [3.63, 3.8) is 0 Å². The second-order valence-electron chi connectivity index (χ2n) is 4.70. The van der Waals surface area contributed by atoms with E-state index in [4.69, 9.17) is 4.74 Å². The highest BCUT2D eigenvalue weighted by Gasteiger charge is 2.12. The molecule has 1 aromatic carbocycles. The molecular weight excluding hydrogens is 210 g/mol. The summed E-state index contributed by atoms with van der Waals surface area (Å²) in [5, 5.41) is 3.59. The van der Waals surface area contributed by atoms with Crippen molar-refractivity contribution in [2.45, 2.75) is 46.1 Å². The van der Waals surface area contributed by atoms with Crippen molar-refractivity contribution in [2.24, 2.45) is 5.92 Å². The fourth-order valence-electron chi connectivity index (χ4n) is 1.96. The minimum Gasteiger partial charge on any atom is -0.495 e. The molecule has 0 amide bonds. The van der Waals surface area contributed by atoms with Gasteiger partial charge in [0.15, 0.2) is 0 Å². The number of benzene rings is 1. The monoisotopic (exact) mass is 235 g/mol. The molecule has 0 heterocycles. The fraction of sp³-hybridized carbons (Fsp3) is 0.600. The van der Waals surface area contributed by atoms with Crippen molar-refractivity contribution in [1.29, 1.82) is 0 Å². The lowest BCUT2D eigenvalue weighted by atomic mass is 9.97. The quantitative estimate of drug-likeness (QED) is 0.760. The summed E-state index contributed by atoms with van der Waals surface area (Å²) < 4.78 is 5.36. The Morgan fingerprint density at radius 3 is 2.47 bits per heavy atom. The van der Waals surface area contributed by atoms with Crippen LogP contribution in [0.15, 0.2) is 24.3 Å². The van der Waals surface area contributed by atoms with E-state index in [-0.39, 0.29) is 0 Å². The van der Waals surface area contributed by atoms with Crippen LogP contribution in [0.25, 0.3) is 0 Å². The van der Waals surface area contributed by atoms with Crippen LogP contribution >= 0.6 is 0 Å². The van der Waals surface area contributed by atoms with Gasteiger partial charge in [-0.25, -0.2) is 0 Å². The minimum atomic E-state index is 0.529. The van der Waals surface area contributed by atoms with Gasteiger partial charge < -0.3 is 10.1 Å². The zero-order valence-corrected chi connectivity index (χ0v) is 11.5. The number of hydrogen-bond donors (Lipinski definition) is 1. The van der Waals surface area contributed by atoms with Crippen LogP contribution in [0.5, 0.6) is 5.75 Å². The lowest BCUT2D eigenvalue weighted by molar-refractivity contribution is 0.413. The van der Waals surface area contributed by atoms with Gasteiger partial charge in [-0.05, 0) is 30.9 Å². The Labute approximate surface area is 105 Å². The highest BCUT2D eigenvalue weighted by molar-refractivity contribution is 5.56. The molecule has 0 bridgehead atoms. The van der Waals surface area contributed by atoms with Crippen LogP contribution in [0.2, 0.25) is 0 Å². The molecular formula is C15H25NO. The first kappa shape index (κ1) is 13.9. The summed E-state index contributed by atoms with van der Waals surface area (Å²) in [4.78, 5) is 0. The molecule has 0 saturated carbocycles. The van der Waals surface area contributed by atoms with Gasteiger partial charge in [-0.2, -0.15) is 0 Å². The van der Waals surface area contributed by atoms with Crippen LogP contribution in [0, 0.1) is 5.92 Å². The maximum atomic E-state index is 5.36. The van der Waals surface area contributed by atoms with Crippen LogP contribution in [-0.4, -0.2) is 13.2 Å². The highest BCUT2D eigenvalue weighted by atomic mass is 16.5. The van der Waals surface area contributed by atoms with E-state index >= 15 is 0 Å². The van der Waals surface area contributed by atoms with Gasteiger partial charge in [0.25, 0.3) is 0 Å². The van der Waals surface area contributed by atoms with E-state index in [1.54, 1.807) is 7.11 Å². The molecule has 0 aliphatic carbocycles. The van der Waals surface area contributed by atoms with Gasteiger partial charge >= 0.3 is 0 Å². The van der Waals surface area contributed by atoms with Crippen LogP contribution in [0.3, 0.4) is 0 Å². The molecule has 0 fully saturated rings. The van der Waals surface area contributed by atoms with Gasteiger partial charge in [-0.3, -0.25) is 0 Å². The predicted molar refractivity (Wildman–Crippen MR) is 74.8 cm³/mol. The Morgan fingerprint density at radius 1 is 1.18 bits per heavy atom. The van der Waals surface area contributed by atoms with Crippen molar-refractivity contribution in [1.82, 2.24) is 0 Å². The number of ether oxygens (including phenoxy) is 1. The number of para-hydroxylation sites is 2. The topological polar surface area (TPSA) is 21.3 Å². The SMILES string of the molecule is CCC(C)CC(CC)Nc1ccccc1OC. The molecule has 1 rings (SSSR count). The number of anilines is 1. The number of rotatable bonds is 7. The lowest BCUT2D eigenvalue weighted by Gasteiger charge is -2.22. The van der Waals surface area contributed by atoms with Gasteiger partial charge in [0.2, 0.25) is 0 Å². The summed E-state index contributed by atoms with van der Waals surface area (Å²) in [6.07, 6.45) is 3.59. The Morgan fingerprint density at radius 2 is 1.88 bits per heavy atom. The molecule has 0 radical (unpaired) electrons. The number of nitrogens with one attached hydrogen (secondary N) is 1. The van der Waals surface area contributed by atoms with Crippen molar-refractivity contribution in [2.75, 3.05) is 12.4 Å². The normalized spacial score (nSPS) is 14.1. The zero-order chi connectivity index (χ0) is 12.7. The highest BCUT2D eigenvalue weighted by Crippen LogP contribution is 2.26. The van der Waals surface area contributed by atoms with E-state index in [0.717, 1.165) is 23.8 Å². The fourth-order valence-corrected chi connectivity index (χ4v) is 1.96. The van der Waals surface area contributed by atoms with E-state index in [9.17, 15) is 0 Å². The molecule has 1 N–H and O–H groups in total. The molecule has 2 heteroatoms. The molecule has 0 spiro atoms. The van der Waals surface area contributed by atoms with E-state index in [1.165, 1.54) is 12.8 Å². The molecule has 0 aliphatic rings. The van der Waals surface area contributed by atoms with Gasteiger partial charge in [-0.15, -0.1) is 0 Å². The molecule has 17 heavy (non-hydrogen) atoms. The summed E-state index contributed by atoms with van der Waals surface area (Å²) in [6.45, 7) is 6.79. The van der Waals surface area contributed by atoms with Crippen molar-refractivity contribution in [3.8, 4) is 5.75 Å². The average Bonchev–Trinajstić information content (AvgIpc) is 2.38. The molecule has 96 valence electrons. The number of methoxy groups -OCH3 is 1. The van der Waals surface area contributed by atoms with E-state index in [0.29, 0.717) is 6.04 Å². The third-order valence-corrected chi connectivity index (χ3v) is 3.34. The van der Waals surface area contributed by atoms with Crippen LogP contribution in [-0.2, 0) is 0 Å². The van der Waals surface area contributed by atoms with E-state index in [1.807, 2.05) is 18.2 Å². The predicted octanol–water partition coefficient (Wildman–Crippen LogP) is 4.32. The Bertz CT molecular complexity index is 324. The standard InChI is InChI=1S/C15H25NO/c1-5-12(3)11-13(6-2)16-14-9-7-8-10-15(14)17-4/h7-10,12-13,16H,5-6,11H2,1-4H3. The molecule has 0 saturated heterocycles. The van der Waals surface area contributed by atoms with Crippen LogP contribution in [0.1, 0.15) is 40.0 Å². The maximum Gasteiger partial charge on any atom is 0.141 e. The van der Waals surface area contributed by atoms with E-state index < -0.39 is 0 Å². The lowest BCUT2D eigenvalue weighted by Crippen LogP contribution is -2.21. The van der Waals surface area contributed by atoms with Crippen LogP contribution in [0.4, 0.5) is 5.69 Å². The maximum absolute atomic E-state index is 5.36. The first-order chi connectivity index (χ1) is 8.21. The third kappa shape index (κ3) is 4.29. The average molecular weight is 235 g/mol. The van der Waals surface area contributed by atoms with Crippen molar-refractivity contribution >= 4 is 5.69 Å². The first-order valence-corrected chi connectivity index (χ1v) is 6.60. The summed E-state index contributed by atoms with van der Waals surface area (Å²) >= 11 is 0. The minimum absolute atomic E-state index is 0.529. The van der Waals surface area contributed by atoms with Crippen molar-refractivity contribution < 1.29 is 4.74 Å². The van der Waals surface area contributed by atoms with Gasteiger partial charge in [0, 0.05) is 6.04 Å². The van der Waals surface area contributed by atoms with Crippen molar-refractivity contribution in [3.05, 3.63) is 24.3 Å². The summed E-state index contributed by atoms with van der Waals surface area (Å²) in [5.41, 5.74) is 1.10. The van der Waals surface area contributed by atoms with E-state index in [2.05, 4.69) is 32.2 Å². The Hall–Kier alpha value is -1.18. The summed E-state index contributed by atoms with van der Waals surface area (Å²) in [5.74, 6) is 1.69. The largest absolute Gasteiger partial charge is 0.495 e. The van der Waals surface area contributed by atoms with Gasteiger partial charge in [0.1, 0.15) is 5.75 Å². The molecule has 0 aliphatic heterocycles. The smallest absolute Gasteiger partial charge is 0.141 e. The molecule has 0 aromatic heterocycles. The molecule has 2 unspecified atom stereocenters. The van der Waals surface area contributed by atoms with Gasteiger partial charge in [0.05, 0.1) is 12.8 Å². The summed E-state index contributed by atoms with van der Waals surface area (Å²) in [6, 6.07) is 8.65.